The smallest absolute Gasteiger partial charge is 0.253 e. The molecular weight excluding hydrogens is 259 g/mol. The second kappa shape index (κ2) is 5.23. The van der Waals surface area contributed by atoms with Gasteiger partial charge in [-0.2, -0.15) is 0 Å². The molecule has 2 rings (SSSR count). The van der Waals surface area contributed by atoms with Crippen LogP contribution in [0.25, 0.3) is 0 Å². The fourth-order valence-corrected chi connectivity index (χ4v) is 2.18. The highest BCUT2D eigenvalue weighted by Crippen LogP contribution is 2.34. The topological polar surface area (TPSA) is 42.0 Å². The van der Waals surface area contributed by atoms with E-state index in [4.69, 9.17) is 23.2 Å². The van der Waals surface area contributed by atoms with Gasteiger partial charge in [0.05, 0.1) is 10.6 Å². The Morgan fingerprint density at radius 1 is 1.59 bits per heavy atom. The lowest BCUT2D eigenvalue weighted by molar-refractivity contribution is 0.0948. The van der Waals surface area contributed by atoms with Crippen LogP contribution in [0.4, 0.5) is 0 Å². The molecule has 1 aromatic heterocycles. The molecule has 0 spiro atoms. The van der Waals surface area contributed by atoms with E-state index in [0.717, 1.165) is 12.8 Å². The maximum absolute atomic E-state index is 11.9. The Morgan fingerprint density at radius 2 is 2.35 bits per heavy atom. The number of pyridine rings is 1. The summed E-state index contributed by atoms with van der Waals surface area (Å²) < 4.78 is 0. The summed E-state index contributed by atoms with van der Waals surface area (Å²) in [7, 11) is 0. The van der Waals surface area contributed by atoms with E-state index in [1.54, 1.807) is 6.07 Å². The average Bonchev–Trinajstić information content (AvgIpc) is 3.01. The van der Waals surface area contributed by atoms with Gasteiger partial charge in [0, 0.05) is 12.2 Å². The first-order chi connectivity index (χ1) is 8.11. The largest absolute Gasteiger partial charge is 0.349 e. The molecule has 0 aromatic carbocycles. The molecule has 0 radical (unpaired) electrons. The number of rotatable bonds is 4. The summed E-state index contributed by atoms with van der Waals surface area (Å²) in [6.07, 6.45) is 4.85. The molecule has 5 heteroatoms. The summed E-state index contributed by atoms with van der Waals surface area (Å²) in [5.41, 5.74) is 0.460. The van der Waals surface area contributed by atoms with Gasteiger partial charge in [0.15, 0.2) is 0 Å². The molecule has 0 saturated heterocycles. The van der Waals surface area contributed by atoms with E-state index in [2.05, 4.69) is 17.2 Å². The minimum atomic E-state index is -0.125. The van der Waals surface area contributed by atoms with E-state index < -0.39 is 0 Å². The second-order valence-corrected chi connectivity index (χ2v) is 5.13. The normalized spacial score (nSPS) is 22.3. The summed E-state index contributed by atoms with van der Waals surface area (Å²) in [5.74, 6) is 0.513. The lowest BCUT2D eigenvalue weighted by Gasteiger charge is -2.05. The van der Waals surface area contributed by atoms with Gasteiger partial charge in [0.1, 0.15) is 5.15 Å². The van der Waals surface area contributed by atoms with E-state index in [1.165, 1.54) is 12.6 Å². The van der Waals surface area contributed by atoms with Crippen LogP contribution in [-0.4, -0.2) is 16.9 Å². The van der Waals surface area contributed by atoms with Crippen molar-refractivity contribution in [1.29, 1.82) is 0 Å². The number of carbonyl (C=O) groups excluding carboxylic acids is 1. The highest BCUT2D eigenvalue weighted by atomic mass is 35.5. The van der Waals surface area contributed by atoms with Gasteiger partial charge >= 0.3 is 0 Å². The molecule has 1 N–H and O–H groups in total. The Hall–Kier alpha value is -0.800. The van der Waals surface area contributed by atoms with E-state index in [9.17, 15) is 4.79 Å². The minimum absolute atomic E-state index is 0.125. The number of nitrogens with zero attached hydrogens (tertiary/aromatic N) is 1. The van der Waals surface area contributed by atoms with Gasteiger partial charge in [-0.3, -0.25) is 4.79 Å². The van der Waals surface area contributed by atoms with Crippen molar-refractivity contribution in [2.45, 2.75) is 32.2 Å². The van der Waals surface area contributed by atoms with E-state index in [0.29, 0.717) is 22.5 Å². The zero-order valence-corrected chi connectivity index (χ0v) is 11.1. The second-order valence-electron chi connectivity index (χ2n) is 4.36. The standard InChI is InChI=1S/C12H14Cl2N2O/c1-2-3-7-5-10(7)16-12(17)8-4-9(13)11(14)15-6-8/h4,6-7,10H,2-3,5H2,1H3,(H,16,17). The van der Waals surface area contributed by atoms with E-state index in [1.807, 2.05) is 0 Å². The molecule has 1 saturated carbocycles. The Bertz CT molecular complexity index is 437. The molecule has 2 atom stereocenters. The van der Waals surface area contributed by atoms with Crippen LogP contribution in [0.2, 0.25) is 10.2 Å². The van der Waals surface area contributed by atoms with Crippen LogP contribution in [0, 0.1) is 5.92 Å². The molecule has 3 nitrogen and oxygen atoms in total. The monoisotopic (exact) mass is 272 g/mol. The lowest BCUT2D eigenvalue weighted by atomic mass is 10.2. The summed E-state index contributed by atoms with van der Waals surface area (Å²) in [6.45, 7) is 2.15. The van der Waals surface area contributed by atoms with Gasteiger partial charge in [0.2, 0.25) is 0 Å². The highest BCUT2D eigenvalue weighted by molar-refractivity contribution is 6.41. The minimum Gasteiger partial charge on any atom is -0.349 e. The predicted octanol–water partition coefficient (Wildman–Crippen LogP) is 3.31. The van der Waals surface area contributed by atoms with Crippen LogP contribution in [0.15, 0.2) is 12.3 Å². The molecule has 1 aliphatic rings. The third kappa shape index (κ3) is 3.11. The molecule has 1 aromatic rings. The first-order valence-corrected chi connectivity index (χ1v) is 6.49. The predicted molar refractivity (Wildman–Crippen MR) is 68.5 cm³/mol. The van der Waals surface area contributed by atoms with Crippen molar-refractivity contribution in [3.05, 3.63) is 28.0 Å². The van der Waals surface area contributed by atoms with Gasteiger partial charge in [0.25, 0.3) is 5.91 Å². The zero-order valence-electron chi connectivity index (χ0n) is 9.54. The summed E-state index contributed by atoms with van der Waals surface area (Å²) in [5, 5.41) is 3.50. The SMILES string of the molecule is CCCC1CC1NC(=O)c1cnc(Cl)c(Cl)c1. The van der Waals surface area contributed by atoms with Crippen molar-refractivity contribution < 1.29 is 4.79 Å². The van der Waals surface area contributed by atoms with Crippen LogP contribution in [0.1, 0.15) is 36.5 Å². The molecule has 1 heterocycles. The number of aromatic nitrogens is 1. The maximum Gasteiger partial charge on any atom is 0.253 e. The molecule has 17 heavy (non-hydrogen) atoms. The quantitative estimate of drug-likeness (QED) is 0.855. The summed E-state index contributed by atoms with van der Waals surface area (Å²) in [6, 6.07) is 1.86. The third-order valence-corrected chi connectivity index (χ3v) is 3.64. The zero-order chi connectivity index (χ0) is 12.4. The maximum atomic E-state index is 11.9. The summed E-state index contributed by atoms with van der Waals surface area (Å²) in [4.78, 5) is 15.7. The van der Waals surface area contributed by atoms with Crippen molar-refractivity contribution >= 4 is 29.1 Å². The van der Waals surface area contributed by atoms with Crippen LogP contribution in [0.3, 0.4) is 0 Å². The van der Waals surface area contributed by atoms with Crippen LogP contribution in [-0.2, 0) is 0 Å². The number of nitrogens with one attached hydrogen (secondary N) is 1. The Kier molecular flexibility index (Phi) is 3.89. The molecule has 1 amide bonds. The number of hydrogen-bond donors (Lipinski definition) is 1. The molecular formula is C12H14Cl2N2O. The molecule has 92 valence electrons. The number of halogens is 2. The molecule has 0 bridgehead atoms. The Labute approximate surface area is 111 Å². The Morgan fingerprint density at radius 3 is 3.00 bits per heavy atom. The van der Waals surface area contributed by atoms with Gasteiger partial charge in [-0.15, -0.1) is 0 Å². The van der Waals surface area contributed by atoms with Crippen LogP contribution in [0.5, 0.6) is 0 Å². The number of amides is 1. The van der Waals surface area contributed by atoms with E-state index >= 15 is 0 Å². The van der Waals surface area contributed by atoms with Gasteiger partial charge in [-0.05, 0) is 24.8 Å². The Balaban J connectivity index is 1.94. The van der Waals surface area contributed by atoms with Crippen molar-refractivity contribution in [2.24, 2.45) is 5.92 Å². The lowest BCUT2D eigenvalue weighted by Crippen LogP contribution is -2.26. The van der Waals surface area contributed by atoms with Crippen molar-refractivity contribution in [3.8, 4) is 0 Å². The van der Waals surface area contributed by atoms with Crippen LogP contribution >= 0.6 is 23.2 Å². The molecule has 0 aliphatic heterocycles. The third-order valence-electron chi connectivity index (χ3n) is 2.96. The van der Waals surface area contributed by atoms with Crippen molar-refractivity contribution in [2.75, 3.05) is 0 Å². The van der Waals surface area contributed by atoms with Gasteiger partial charge in [-0.25, -0.2) is 4.98 Å². The fourth-order valence-electron chi connectivity index (χ4n) is 1.91. The average molecular weight is 273 g/mol. The number of carbonyl (C=O) groups is 1. The van der Waals surface area contributed by atoms with Crippen LogP contribution < -0.4 is 5.32 Å². The van der Waals surface area contributed by atoms with Gasteiger partial charge < -0.3 is 5.32 Å². The fraction of sp³-hybridized carbons (Fsp3) is 0.500. The first kappa shape index (κ1) is 12.7. The van der Waals surface area contributed by atoms with Gasteiger partial charge in [-0.1, -0.05) is 36.5 Å². The highest BCUT2D eigenvalue weighted by Gasteiger charge is 2.37. The number of hydrogen-bond acceptors (Lipinski definition) is 2. The molecule has 1 fully saturated rings. The molecule has 1 aliphatic carbocycles. The van der Waals surface area contributed by atoms with Crippen molar-refractivity contribution in [3.63, 3.8) is 0 Å². The van der Waals surface area contributed by atoms with Crippen molar-refractivity contribution in [1.82, 2.24) is 10.3 Å². The van der Waals surface area contributed by atoms with E-state index in [-0.39, 0.29) is 11.1 Å². The first-order valence-electron chi connectivity index (χ1n) is 5.73. The summed E-state index contributed by atoms with van der Waals surface area (Å²) >= 11 is 11.5. The molecule has 2 unspecified atom stereocenters.